The monoisotopic (exact) mass is 504 g/mol. The third-order valence-corrected chi connectivity index (χ3v) is 5.53. The van der Waals surface area contributed by atoms with E-state index in [1.54, 1.807) is 30.3 Å². The normalized spacial score (nSPS) is 10.5. The molecule has 4 aromatic rings. The van der Waals surface area contributed by atoms with Gasteiger partial charge in [-0.3, -0.25) is 25.0 Å². The predicted octanol–water partition coefficient (Wildman–Crippen LogP) is 5.04. The largest absolute Gasteiger partial charge is 0.494 e. The van der Waals surface area contributed by atoms with Gasteiger partial charge in [0.1, 0.15) is 11.3 Å². The molecule has 3 aromatic carbocycles. The summed E-state index contributed by atoms with van der Waals surface area (Å²) in [7, 11) is 1.45. The van der Waals surface area contributed by atoms with Gasteiger partial charge in [0, 0.05) is 34.3 Å². The molecule has 0 saturated carbocycles. The molecule has 10 nitrogen and oxygen atoms in total. The van der Waals surface area contributed by atoms with Gasteiger partial charge < -0.3 is 19.8 Å². The number of ether oxygens (including phenoxy) is 1. The number of furan rings is 1. The first-order chi connectivity index (χ1) is 17.3. The first kappa shape index (κ1) is 24.4. The van der Waals surface area contributed by atoms with Gasteiger partial charge in [0.25, 0.3) is 17.5 Å². The van der Waals surface area contributed by atoms with E-state index < -0.39 is 16.7 Å². The fraction of sp³-hybridized carbons (Fsp3) is 0.0800. The molecule has 3 N–H and O–H groups in total. The standard InChI is InChI=1S/C25H20N4O6S/c1-14-17(7-5-8-19(14)29(32)33)23(30)28-25(36)26-16-10-11-18(21(13-16)34-2)27-24(31)22-12-15-6-3-4-9-20(15)35-22/h3-13H,1-2H3,(H,27,31)(H2,26,28,30,36). The number of anilines is 2. The van der Waals surface area contributed by atoms with Gasteiger partial charge >= 0.3 is 0 Å². The van der Waals surface area contributed by atoms with Crippen molar-refractivity contribution in [2.45, 2.75) is 6.92 Å². The summed E-state index contributed by atoms with van der Waals surface area (Å²) in [6.07, 6.45) is 0. The van der Waals surface area contributed by atoms with Crippen LogP contribution in [0.2, 0.25) is 0 Å². The predicted molar refractivity (Wildman–Crippen MR) is 139 cm³/mol. The summed E-state index contributed by atoms with van der Waals surface area (Å²) in [4.78, 5) is 35.9. The molecule has 1 heterocycles. The molecular weight excluding hydrogens is 484 g/mol. The van der Waals surface area contributed by atoms with Crippen LogP contribution in [-0.4, -0.2) is 29.0 Å². The van der Waals surface area contributed by atoms with Crippen LogP contribution < -0.4 is 20.7 Å². The van der Waals surface area contributed by atoms with Crippen LogP contribution in [-0.2, 0) is 0 Å². The summed E-state index contributed by atoms with van der Waals surface area (Å²) >= 11 is 5.22. The molecule has 0 spiro atoms. The molecule has 0 aliphatic carbocycles. The first-order valence-electron chi connectivity index (χ1n) is 10.6. The third-order valence-electron chi connectivity index (χ3n) is 5.33. The van der Waals surface area contributed by atoms with Crippen LogP contribution in [0.4, 0.5) is 17.1 Å². The Labute approximate surface area is 210 Å². The fourth-order valence-corrected chi connectivity index (χ4v) is 3.76. The number of thiocarbonyl (C=S) groups is 1. The number of nitrogens with zero attached hydrogens (tertiary/aromatic N) is 1. The number of fused-ring (bicyclic) bond motifs is 1. The van der Waals surface area contributed by atoms with E-state index in [-0.39, 0.29) is 27.7 Å². The van der Waals surface area contributed by atoms with Gasteiger partial charge in [0.2, 0.25) is 0 Å². The number of nitrogens with one attached hydrogen (secondary N) is 3. The van der Waals surface area contributed by atoms with Crippen molar-refractivity contribution in [3.05, 3.63) is 93.7 Å². The van der Waals surface area contributed by atoms with Crippen molar-refractivity contribution in [2.75, 3.05) is 17.7 Å². The lowest BCUT2D eigenvalue weighted by molar-refractivity contribution is -0.385. The van der Waals surface area contributed by atoms with Crippen LogP contribution in [0.1, 0.15) is 26.5 Å². The molecule has 0 radical (unpaired) electrons. The Hall–Kier alpha value is -4.77. The Morgan fingerprint density at radius 2 is 1.78 bits per heavy atom. The maximum Gasteiger partial charge on any atom is 0.291 e. The highest BCUT2D eigenvalue weighted by Gasteiger charge is 2.19. The zero-order valence-corrected chi connectivity index (χ0v) is 20.0. The van der Waals surface area contributed by atoms with Gasteiger partial charge in [0.15, 0.2) is 10.9 Å². The highest BCUT2D eigenvalue weighted by atomic mass is 32.1. The summed E-state index contributed by atoms with van der Waals surface area (Å²) in [6, 6.07) is 18.0. The highest BCUT2D eigenvalue weighted by Crippen LogP contribution is 2.29. The van der Waals surface area contributed by atoms with Crippen molar-refractivity contribution < 1.29 is 23.7 Å². The van der Waals surface area contributed by atoms with Crippen molar-refractivity contribution in [3.8, 4) is 5.75 Å². The van der Waals surface area contributed by atoms with Crippen molar-refractivity contribution in [1.29, 1.82) is 0 Å². The molecule has 0 unspecified atom stereocenters. The van der Waals surface area contributed by atoms with E-state index in [1.807, 2.05) is 18.2 Å². The zero-order chi connectivity index (χ0) is 25.8. The van der Waals surface area contributed by atoms with Crippen molar-refractivity contribution in [3.63, 3.8) is 0 Å². The minimum Gasteiger partial charge on any atom is -0.494 e. The summed E-state index contributed by atoms with van der Waals surface area (Å²) in [6.45, 7) is 1.49. The Morgan fingerprint density at radius 1 is 1.00 bits per heavy atom. The lowest BCUT2D eigenvalue weighted by atomic mass is 10.1. The number of hydrogen-bond acceptors (Lipinski definition) is 7. The van der Waals surface area contributed by atoms with E-state index >= 15 is 0 Å². The number of benzene rings is 3. The molecule has 1 aromatic heterocycles. The number of para-hydroxylation sites is 1. The maximum absolute atomic E-state index is 12.7. The zero-order valence-electron chi connectivity index (χ0n) is 19.2. The molecule has 0 saturated heterocycles. The molecule has 36 heavy (non-hydrogen) atoms. The molecule has 2 amide bonds. The smallest absolute Gasteiger partial charge is 0.291 e. The minimum absolute atomic E-state index is 0.0213. The van der Waals surface area contributed by atoms with Gasteiger partial charge in [0.05, 0.1) is 17.7 Å². The van der Waals surface area contributed by atoms with Gasteiger partial charge in [-0.1, -0.05) is 24.3 Å². The lowest BCUT2D eigenvalue weighted by Crippen LogP contribution is -2.34. The molecule has 0 bridgehead atoms. The molecule has 0 fully saturated rings. The second-order valence-corrected chi connectivity index (χ2v) is 8.04. The van der Waals surface area contributed by atoms with E-state index in [1.165, 1.54) is 32.2 Å². The number of hydrogen-bond donors (Lipinski definition) is 3. The summed E-state index contributed by atoms with van der Waals surface area (Å²) in [5, 5.41) is 20.0. The second kappa shape index (κ2) is 10.2. The Kier molecular flexibility index (Phi) is 6.93. The SMILES string of the molecule is COc1cc(NC(=S)NC(=O)c2cccc([N+](=O)[O-])c2C)ccc1NC(=O)c1cc2ccccc2o1. The summed E-state index contributed by atoms with van der Waals surface area (Å²) in [5.74, 6) is -0.537. The topological polar surface area (TPSA) is 136 Å². The average molecular weight is 505 g/mol. The number of nitro benzene ring substituents is 1. The van der Waals surface area contributed by atoms with Crippen LogP contribution in [0.15, 0.2) is 71.1 Å². The third kappa shape index (κ3) is 5.15. The van der Waals surface area contributed by atoms with Crippen molar-refractivity contribution >= 4 is 57.2 Å². The van der Waals surface area contributed by atoms with Crippen LogP contribution in [0.3, 0.4) is 0 Å². The van der Waals surface area contributed by atoms with E-state index in [9.17, 15) is 19.7 Å². The first-order valence-corrected chi connectivity index (χ1v) is 11.0. The minimum atomic E-state index is -0.588. The van der Waals surface area contributed by atoms with Gasteiger partial charge in [-0.15, -0.1) is 0 Å². The lowest BCUT2D eigenvalue weighted by Gasteiger charge is -2.14. The van der Waals surface area contributed by atoms with Crippen LogP contribution >= 0.6 is 12.2 Å². The Bertz CT molecular complexity index is 1480. The maximum atomic E-state index is 12.7. The van der Waals surface area contributed by atoms with Crippen LogP contribution in [0.5, 0.6) is 5.75 Å². The van der Waals surface area contributed by atoms with Crippen LogP contribution in [0, 0.1) is 17.0 Å². The van der Waals surface area contributed by atoms with E-state index in [0.29, 0.717) is 22.7 Å². The summed E-state index contributed by atoms with van der Waals surface area (Å²) < 4.78 is 11.0. The van der Waals surface area contributed by atoms with E-state index in [2.05, 4.69) is 16.0 Å². The molecular formula is C25H20N4O6S. The van der Waals surface area contributed by atoms with Gasteiger partial charge in [-0.2, -0.15) is 0 Å². The molecule has 4 rings (SSSR count). The fourth-order valence-electron chi connectivity index (χ4n) is 3.55. The molecule has 0 atom stereocenters. The molecule has 11 heteroatoms. The Morgan fingerprint density at radius 3 is 2.50 bits per heavy atom. The van der Waals surface area contributed by atoms with Gasteiger partial charge in [-0.25, -0.2) is 0 Å². The molecule has 182 valence electrons. The van der Waals surface area contributed by atoms with E-state index in [0.717, 1.165) is 5.39 Å². The molecule has 0 aliphatic heterocycles. The number of nitro groups is 1. The van der Waals surface area contributed by atoms with Gasteiger partial charge in [-0.05, 0) is 49.5 Å². The number of amides is 2. The highest BCUT2D eigenvalue weighted by molar-refractivity contribution is 7.80. The second-order valence-electron chi connectivity index (χ2n) is 7.63. The number of rotatable bonds is 6. The van der Waals surface area contributed by atoms with E-state index in [4.69, 9.17) is 21.4 Å². The molecule has 0 aliphatic rings. The number of carbonyl (C=O) groups excluding carboxylic acids is 2. The number of carbonyl (C=O) groups is 2. The quantitative estimate of drug-likeness (QED) is 0.189. The van der Waals surface area contributed by atoms with Crippen LogP contribution in [0.25, 0.3) is 11.0 Å². The average Bonchev–Trinajstić information content (AvgIpc) is 3.29. The Balaban J connectivity index is 1.44. The van der Waals surface area contributed by atoms with Crippen molar-refractivity contribution in [1.82, 2.24) is 5.32 Å². The summed E-state index contributed by atoms with van der Waals surface area (Å²) in [5.41, 5.74) is 1.69. The van der Waals surface area contributed by atoms with Crippen molar-refractivity contribution in [2.24, 2.45) is 0 Å². The number of methoxy groups -OCH3 is 1.